The zero-order chi connectivity index (χ0) is 13.2. The molecule has 6 atom stereocenters. The molecule has 0 aromatic heterocycles. The van der Waals surface area contributed by atoms with Crippen LogP contribution in [0.5, 0.6) is 0 Å². The molecule has 1 aliphatic rings. The summed E-state index contributed by atoms with van der Waals surface area (Å²) in [6.07, 6.45) is -5.00. The highest BCUT2D eigenvalue weighted by molar-refractivity contribution is 5.73. The van der Waals surface area contributed by atoms with E-state index in [1.54, 1.807) is 0 Å². The maximum absolute atomic E-state index is 10.9. The first kappa shape index (κ1) is 14.4. The second-order valence-corrected chi connectivity index (χ2v) is 4.60. The molecule has 100 valence electrons. The molecular formula is C11H20O6. The van der Waals surface area contributed by atoms with Gasteiger partial charge in [-0.15, -0.1) is 0 Å². The topological polar surface area (TPSA) is 107 Å². The van der Waals surface area contributed by atoms with Crippen molar-refractivity contribution in [1.82, 2.24) is 0 Å². The molecule has 0 amide bonds. The molecule has 0 radical (unpaired) electrons. The SMILES string of the molecule is CCCC(C)C1OC(C(=O)O)C(O)C(O)C1O. The van der Waals surface area contributed by atoms with Gasteiger partial charge in [0.1, 0.15) is 18.3 Å². The molecule has 0 spiro atoms. The standard InChI is InChI=1S/C11H20O6/c1-3-4-5(2)9-7(13)6(12)8(14)10(17-9)11(15)16/h5-10,12-14H,3-4H2,1-2H3,(H,15,16). The lowest BCUT2D eigenvalue weighted by molar-refractivity contribution is -0.237. The van der Waals surface area contributed by atoms with Gasteiger partial charge in [0.15, 0.2) is 6.10 Å². The minimum absolute atomic E-state index is 0.0843. The van der Waals surface area contributed by atoms with Crippen LogP contribution < -0.4 is 0 Å². The molecule has 0 aromatic carbocycles. The molecular weight excluding hydrogens is 228 g/mol. The summed E-state index contributed by atoms with van der Waals surface area (Å²) < 4.78 is 5.20. The van der Waals surface area contributed by atoms with Crippen LogP contribution in [0.15, 0.2) is 0 Å². The Hall–Kier alpha value is -0.690. The Balaban J connectivity index is 2.81. The van der Waals surface area contributed by atoms with Gasteiger partial charge in [-0.1, -0.05) is 20.3 Å². The van der Waals surface area contributed by atoms with Gasteiger partial charge < -0.3 is 25.2 Å². The van der Waals surface area contributed by atoms with E-state index in [-0.39, 0.29) is 5.92 Å². The second-order valence-electron chi connectivity index (χ2n) is 4.60. The Bertz CT molecular complexity index is 269. The quantitative estimate of drug-likeness (QED) is 0.527. The predicted octanol–water partition coefficient (Wildman–Crippen LogP) is -0.643. The molecule has 0 saturated carbocycles. The maximum atomic E-state index is 10.9. The number of carbonyl (C=O) groups is 1. The normalized spacial score (nSPS) is 39.9. The van der Waals surface area contributed by atoms with E-state index in [9.17, 15) is 20.1 Å². The third kappa shape index (κ3) is 2.95. The summed E-state index contributed by atoms with van der Waals surface area (Å²) in [6, 6.07) is 0. The lowest BCUT2D eigenvalue weighted by Gasteiger charge is -2.41. The van der Waals surface area contributed by atoms with Gasteiger partial charge in [-0.2, -0.15) is 0 Å². The number of aliphatic hydroxyl groups is 3. The summed E-state index contributed by atoms with van der Waals surface area (Å²) in [5, 5.41) is 37.7. The van der Waals surface area contributed by atoms with E-state index in [0.29, 0.717) is 0 Å². The van der Waals surface area contributed by atoms with Crippen LogP contribution in [-0.4, -0.2) is 56.9 Å². The van der Waals surface area contributed by atoms with Crippen molar-refractivity contribution in [3.63, 3.8) is 0 Å². The summed E-state index contributed by atoms with van der Waals surface area (Å²) >= 11 is 0. The van der Waals surface area contributed by atoms with E-state index < -0.39 is 36.5 Å². The van der Waals surface area contributed by atoms with E-state index in [0.717, 1.165) is 12.8 Å². The summed E-state index contributed by atoms with van der Waals surface area (Å²) in [7, 11) is 0. The van der Waals surface area contributed by atoms with E-state index in [1.165, 1.54) is 0 Å². The maximum Gasteiger partial charge on any atom is 0.335 e. The van der Waals surface area contributed by atoms with E-state index in [2.05, 4.69) is 0 Å². The molecule has 1 saturated heterocycles. The van der Waals surface area contributed by atoms with Crippen molar-refractivity contribution < 1.29 is 30.0 Å². The molecule has 1 aliphatic heterocycles. The highest BCUT2D eigenvalue weighted by Gasteiger charge is 2.48. The van der Waals surface area contributed by atoms with Gasteiger partial charge in [-0.05, 0) is 12.3 Å². The van der Waals surface area contributed by atoms with Crippen molar-refractivity contribution in [2.24, 2.45) is 5.92 Å². The summed E-state index contributed by atoms with van der Waals surface area (Å²) in [4.78, 5) is 10.9. The zero-order valence-corrected chi connectivity index (χ0v) is 9.98. The van der Waals surface area contributed by atoms with Gasteiger partial charge >= 0.3 is 5.97 Å². The van der Waals surface area contributed by atoms with Crippen LogP contribution >= 0.6 is 0 Å². The summed E-state index contributed by atoms with van der Waals surface area (Å²) in [5.74, 6) is -1.42. The molecule has 1 fully saturated rings. The number of ether oxygens (including phenoxy) is 1. The molecule has 0 aliphatic carbocycles. The Morgan fingerprint density at radius 2 is 1.82 bits per heavy atom. The van der Waals surface area contributed by atoms with Crippen LogP contribution in [-0.2, 0) is 9.53 Å². The van der Waals surface area contributed by atoms with Gasteiger partial charge in [0.2, 0.25) is 0 Å². The fraction of sp³-hybridized carbons (Fsp3) is 0.909. The number of aliphatic hydroxyl groups excluding tert-OH is 3. The molecule has 0 bridgehead atoms. The minimum atomic E-state index is -1.60. The van der Waals surface area contributed by atoms with Gasteiger partial charge in [0.05, 0.1) is 6.10 Å². The smallest absolute Gasteiger partial charge is 0.335 e. The molecule has 0 aromatic rings. The zero-order valence-electron chi connectivity index (χ0n) is 9.98. The van der Waals surface area contributed by atoms with Crippen molar-refractivity contribution >= 4 is 5.97 Å². The minimum Gasteiger partial charge on any atom is -0.479 e. The van der Waals surface area contributed by atoms with Gasteiger partial charge in [-0.25, -0.2) is 4.79 Å². The van der Waals surface area contributed by atoms with E-state index in [4.69, 9.17) is 9.84 Å². The Morgan fingerprint density at radius 1 is 1.24 bits per heavy atom. The molecule has 6 nitrogen and oxygen atoms in total. The fourth-order valence-corrected chi connectivity index (χ4v) is 2.20. The molecule has 1 heterocycles. The van der Waals surface area contributed by atoms with Gasteiger partial charge in [0.25, 0.3) is 0 Å². The molecule has 6 heteroatoms. The number of rotatable bonds is 4. The Labute approximate surface area is 99.8 Å². The average Bonchev–Trinajstić information content (AvgIpc) is 2.26. The van der Waals surface area contributed by atoms with Crippen molar-refractivity contribution in [1.29, 1.82) is 0 Å². The van der Waals surface area contributed by atoms with Gasteiger partial charge in [-0.3, -0.25) is 0 Å². The lowest BCUT2D eigenvalue weighted by atomic mass is 9.86. The molecule has 4 N–H and O–H groups in total. The van der Waals surface area contributed by atoms with Crippen LogP contribution in [0.1, 0.15) is 26.7 Å². The molecule has 17 heavy (non-hydrogen) atoms. The average molecular weight is 248 g/mol. The highest BCUT2D eigenvalue weighted by Crippen LogP contribution is 2.28. The third-order valence-electron chi connectivity index (χ3n) is 3.20. The number of hydrogen-bond donors (Lipinski definition) is 4. The van der Waals surface area contributed by atoms with Crippen LogP contribution in [0.25, 0.3) is 0 Å². The Kier molecular flexibility index (Phi) is 4.88. The first-order valence-corrected chi connectivity index (χ1v) is 5.82. The van der Waals surface area contributed by atoms with E-state index in [1.807, 2.05) is 13.8 Å². The van der Waals surface area contributed by atoms with Crippen molar-refractivity contribution in [3.05, 3.63) is 0 Å². The lowest BCUT2D eigenvalue weighted by Crippen LogP contribution is -2.61. The highest BCUT2D eigenvalue weighted by atomic mass is 16.6. The summed E-state index contributed by atoms with van der Waals surface area (Å²) in [5.41, 5.74) is 0. The second kappa shape index (κ2) is 5.77. The third-order valence-corrected chi connectivity index (χ3v) is 3.20. The molecule has 1 rings (SSSR count). The largest absolute Gasteiger partial charge is 0.479 e. The van der Waals surface area contributed by atoms with Gasteiger partial charge in [0, 0.05) is 0 Å². The first-order chi connectivity index (χ1) is 7.90. The summed E-state index contributed by atoms with van der Waals surface area (Å²) in [6.45, 7) is 3.78. The molecule has 6 unspecified atom stereocenters. The number of hydrogen-bond acceptors (Lipinski definition) is 5. The van der Waals surface area contributed by atoms with Crippen LogP contribution in [0.3, 0.4) is 0 Å². The Morgan fingerprint density at radius 3 is 2.29 bits per heavy atom. The van der Waals surface area contributed by atoms with Crippen molar-refractivity contribution in [2.45, 2.75) is 57.2 Å². The number of carboxylic acid groups (broad SMARTS) is 1. The van der Waals surface area contributed by atoms with Crippen LogP contribution in [0.4, 0.5) is 0 Å². The monoisotopic (exact) mass is 248 g/mol. The van der Waals surface area contributed by atoms with Crippen LogP contribution in [0, 0.1) is 5.92 Å². The number of aliphatic carboxylic acids is 1. The number of carboxylic acids is 1. The van der Waals surface area contributed by atoms with Crippen LogP contribution in [0.2, 0.25) is 0 Å². The van der Waals surface area contributed by atoms with E-state index >= 15 is 0 Å². The first-order valence-electron chi connectivity index (χ1n) is 5.82. The van der Waals surface area contributed by atoms with Crippen molar-refractivity contribution in [2.75, 3.05) is 0 Å². The van der Waals surface area contributed by atoms with Crippen molar-refractivity contribution in [3.8, 4) is 0 Å². The fourth-order valence-electron chi connectivity index (χ4n) is 2.20. The predicted molar refractivity (Wildman–Crippen MR) is 58.4 cm³/mol.